The summed E-state index contributed by atoms with van der Waals surface area (Å²) in [5.74, 6) is -0.639. The molecule has 1 aromatic carbocycles. The predicted octanol–water partition coefficient (Wildman–Crippen LogP) is 2.44. The lowest BCUT2D eigenvalue weighted by molar-refractivity contribution is -0.135. The molecule has 0 radical (unpaired) electrons. The molecule has 3 heterocycles. The van der Waals surface area contributed by atoms with Crippen LogP contribution in [-0.4, -0.2) is 68.0 Å². The first-order valence-corrected chi connectivity index (χ1v) is 11.8. The van der Waals surface area contributed by atoms with E-state index in [9.17, 15) is 9.59 Å². The van der Waals surface area contributed by atoms with Crippen LogP contribution in [-0.2, 0) is 19.1 Å². The fourth-order valence-electron chi connectivity index (χ4n) is 3.97. The summed E-state index contributed by atoms with van der Waals surface area (Å²) in [7, 11) is 0. The molecule has 1 fully saturated rings. The Labute approximate surface area is 191 Å². The van der Waals surface area contributed by atoms with Gasteiger partial charge in [0.15, 0.2) is 0 Å². The number of carbonyl (C=O) groups is 2. The van der Waals surface area contributed by atoms with E-state index in [4.69, 9.17) is 9.47 Å². The number of esters is 1. The predicted molar refractivity (Wildman–Crippen MR) is 124 cm³/mol. The molecule has 0 bridgehead atoms. The molecule has 1 N–H and O–H groups in total. The third kappa shape index (κ3) is 5.17. The van der Waals surface area contributed by atoms with E-state index < -0.39 is 12.0 Å². The molecule has 1 amide bonds. The first-order chi connectivity index (χ1) is 15.7. The zero-order valence-corrected chi connectivity index (χ0v) is 18.9. The summed E-state index contributed by atoms with van der Waals surface area (Å²) in [5, 5.41) is 11.2. The van der Waals surface area contributed by atoms with Crippen LogP contribution in [0, 0.1) is 0 Å². The molecule has 2 atom stereocenters. The van der Waals surface area contributed by atoms with Gasteiger partial charge < -0.3 is 14.8 Å². The zero-order valence-electron chi connectivity index (χ0n) is 18.1. The molecule has 2 aliphatic heterocycles. The van der Waals surface area contributed by atoms with Crippen molar-refractivity contribution in [2.24, 2.45) is 5.10 Å². The van der Waals surface area contributed by atoms with Crippen LogP contribution in [0.1, 0.15) is 24.3 Å². The topological polar surface area (TPSA) is 83.5 Å². The number of hydrazone groups is 1. The maximum Gasteiger partial charge on any atom is 0.354 e. The molecule has 8 nitrogen and oxygen atoms in total. The summed E-state index contributed by atoms with van der Waals surface area (Å²) in [6.45, 7) is 5.54. The lowest BCUT2D eigenvalue weighted by Gasteiger charge is -2.34. The molecule has 170 valence electrons. The van der Waals surface area contributed by atoms with Crippen LogP contribution in [0.5, 0.6) is 0 Å². The molecular formula is C23H28N4O4S. The van der Waals surface area contributed by atoms with Crippen molar-refractivity contribution >= 4 is 34.6 Å². The minimum atomic E-state index is -0.606. The van der Waals surface area contributed by atoms with Gasteiger partial charge in [0, 0.05) is 30.9 Å². The number of nitrogens with one attached hydrogen (secondary N) is 1. The average molecular weight is 457 g/mol. The number of anilines is 1. The lowest BCUT2D eigenvalue weighted by Crippen LogP contribution is -2.47. The number of amides is 1. The summed E-state index contributed by atoms with van der Waals surface area (Å²) in [4.78, 5) is 29.1. The van der Waals surface area contributed by atoms with Gasteiger partial charge in [-0.2, -0.15) is 5.10 Å². The number of carbonyl (C=O) groups excluding carboxylic acids is 2. The molecule has 2 aromatic rings. The van der Waals surface area contributed by atoms with Crippen molar-refractivity contribution in [3.63, 3.8) is 0 Å². The van der Waals surface area contributed by atoms with Crippen molar-refractivity contribution in [1.82, 2.24) is 10.2 Å². The number of ether oxygens (including phenoxy) is 2. The normalized spacial score (nSPS) is 20.0. The van der Waals surface area contributed by atoms with Crippen LogP contribution in [0.3, 0.4) is 0 Å². The molecule has 1 saturated heterocycles. The van der Waals surface area contributed by atoms with Gasteiger partial charge in [0.25, 0.3) is 0 Å². The lowest BCUT2D eigenvalue weighted by atomic mass is 10.1. The Morgan fingerprint density at radius 1 is 1.22 bits per heavy atom. The monoisotopic (exact) mass is 456 g/mol. The number of para-hydroxylation sites is 1. The minimum Gasteiger partial charge on any atom is -0.461 e. The summed E-state index contributed by atoms with van der Waals surface area (Å²) in [6, 6.07) is 13.0. The van der Waals surface area contributed by atoms with Gasteiger partial charge in [0.05, 0.1) is 31.5 Å². The molecule has 0 saturated carbocycles. The van der Waals surface area contributed by atoms with Gasteiger partial charge in [-0.1, -0.05) is 24.3 Å². The highest BCUT2D eigenvalue weighted by Gasteiger charge is 2.37. The molecule has 2 aliphatic rings. The van der Waals surface area contributed by atoms with E-state index in [2.05, 4.69) is 26.8 Å². The van der Waals surface area contributed by atoms with E-state index in [-0.39, 0.29) is 30.7 Å². The molecule has 0 aliphatic carbocycles. The molecule has 4 rings (SSSR count). The van der Waals surface area contributed by atoms with Crippen LogP contribution in [0.15, 0.2) is 52.9 Å². The summed E-state index contributed by atoms with van der Waals surface area (Å²) >= 11 is 1.69. The van der Waals surface area contributed by atoms with Crippen LogP contribution >= 0.6 is 11.3 Å². The Balaban J connectivity index is 1.48. The molecule has 2 unspecified atom stereocenters. The Kier molecular flexibility index (Phi) is 7.51. The number of rotatable bonds is 8. The zero-order chi connectivity index (χ0) is 22.3. The molecule has 1 aromatic heterocycles. The Morgan fingerprint density at radius 3 is 2.69 bits per heavy atom. The number of hydrogen-bond acceptors (Lipinski definition) is 8. The molecule has 0 spiro atoms. The van der Waals surface area contributed by atoms with Gasteiger partial charge >= 0.3 is 5.97 Å². The van der Waals surface area contributed by atoms with E-state index in [1.165, 1.54) is 4.88 Å². The number of benzene rings is 1. The van der Waals surface area contributed by atoms with Crippen molar-refractivity contribution in [2.45, 2.75) is 25.4 Å². The summed E-state index contributed by atoms with van der Waals surface area (Å²) in [5.41, 5.74) is 1.02. The maximum absolute atomic E-state index is 13.3. The van der Waals surface area contributed by atoms with E-state index in [1.807, 2.05) is 36.4 Å². The number of morpholine rings is 1. The molecule has 32 heavy (non-hydrogen) atoms. The first-order valence-electron chi connectivity index (χ1n) is 10.9. The second kappa shape index (κ2) is 10.7. The fourth-order valence-corrected chi connectivity index (χ4v) is 4.83. The standard InChI is InChI=1S/C23H28N4O4S/c1-2-31-23(29)18-15-19(27(25-18)17-7-4-3-5-8-17)22(28)24-16-20(21-9-6-14-32-21)26-10-12-30-13-11-26/h3-9,14,19-20H,2,10-13,15-16H2,1H3,(H,24,28). The van der Waals surface area contributed by atoms with Gasteiger partial charge in [0.2, 0.25) is 5.91 Å². The van der Waals surface area contributed by atoms with Gasteiger partial charge in [-0.05, 0) is 30.5 Å². The first kappa shape index (κ1) is 22.4. The van der Waals surface area contributed by atoms with Gasteiger partial charge in [0.1, 0.15) is 11.8 Å². The van der Waals surface area contributed by atoms with E-state index >= 15 is 0 Å². The maximum atomic E-state index is 13.3. The molecular weight excluding hydrogens is 428 g/mol. The highest BCUT2D eigenvalue weighted by atomic mass is 32.1. The Bertz CT molecular complexity index is 929. The largest absolute Gasteiger partial charge is 0.461 e. The third-order valence-electron chi connectivity index (χ3n) is 5.57. The van der Waals surface area contributed by atoms with E-state index in [1.54, 1.807) is 23.3 Å². The van der Waals surface area contributed by atoms with Crippen molar-refractivity contribution in [3.8, 4) is 0 Å². The van der Waals surface area contributed by atoms with E-state index in [0.29, 0.717) is 19.8 Å². The van der Waals surface area contributed by atoms with E-state index in [0.717, 1.165) is 18.8 Å². The average Bonchev–Trinajstić information content (AvgIpc) is 3.51. The van der Waals surface area contributed by atoms with Crippen LogP contribution in [0.2, 0.25) is 0 Å². The van der Waals surface area contributed by atoms with Crippen molar-refractivity contribution < 1.29 is 19.1 Å². The second-order valence-electron chi connectivity index (χ2n) is 7.59. The van der Waals surface area contributed by atoms with Crippen LogP contribution < -0.4 is 10.3 Å². The highest BCUT2D eigenvalue weighted by Crippen LogP contribution is 2.27. The van der Waals surface area contributed by atoms with Crippen molar-refractivity contribution in [3.05, 3.63) is 52.7 Å². The Hall–Kier alpha value is -2.75. The van der Waals surface area contributed by atoms with Gasteiger partial charge in [-0.15, -0.1) is 11.3 Å². The van der Waals surface area contributed by atoms with Crippen molar-refractivity contribution in [2.75, 3.05) is 44.5 Å². The summed E-state index contributed by atoms with van der Waals surface area (Å²) in [6.07, 6.45) is 0.209. The smallest absolute Gasteiger partial charge is 0.354 e. The number of thiophene rings is 1. The van der Waals surface area contributed by atoms with Crippen LogP contribution in [0.25, 0.3) is 0 Å². The number of hydrogen-bond donors (Lipinski definition) is 1. The van der Waals surface area contributed by atoms with Gasteiger partial charge in [-0.25, -0.2) is 4.79 Å². The second-order valence-corrected chi connectivity index (χ2v) is 8.57. The SMILES string of the molecule is CCOC(=O)C1=NN(c2ccccc2)C(C(=O)NCC(c2cccs2)N2CCOCC2)C1. The summed E-state index contributed by atoms with van der Waals surface area (Å²) < 4.78 is 10.6. The highest BCUT2D eigenvalue weighted by molar-refractivity contribution is 7.10. The van der Waals surface area contributed by atoms with Gasteiger partial charge in [-0.3, -0.25) is 14.7 Å². The third-order valence-corrected chi connectivity index (χ3v) is 6.55. The number of nitrogens with zero attached hydrogens (tertiary/aromatic N) is 3. The fraction of sp³-hybridized carbons (Fsp3) is 0.435. The quantitative estimate of drug-likeness (QED) is 0.615. The molecule has 9 heteroatoms. The van der Waals surface area contributed by atoms with Crippen LogP contribution in [0.4, 0.5) is 5.69 Å². The minimum absolute atomic E-state index is 0.0832. The van der Waals surface area contributed by atoms with Crippen molar-refractivity contribution in [1.29, 1.82) is 0 Å². The Morgan fingerprint density at radius 2 is 2.00 bits per heavy atom.